The summed E-state index contributed by atoms with van der Waals surface area (Å²) in [5, 5.41) is 0. The molecule has 0 aliphatic heterocycles. The van der Waals surface area contributed by atoms with Crippen molar-refractivity contribution in [3.63, 3.8) is 0 Å². The molecule has 1 aromatic rings. The summed E-state index contributed by atoms with van der Waals surface area (Å²) in [6.45, 7) is 0.0259. The lowest BCUT2D eigenvalue weighted by Crippen LogP contribution is -2.44. The van der Waals surface area contributed by atoms with Gasteiger partial charge in [0, 0.05) is 12.1 Å². The van der Waals surface area contributed by atoms with E-state index in [2.05, 4.69) is 0 Å². The van der Waals surface area contributed by atoms with Gasteiger partial charge in [-0.05, 0) is 37.3 Å². The Hall–Kier alpha value is -1.49. The van der Waals surface area contributed by atoms with Crippen LogP contribution in [0.2, 0.25) is 0 Å². The monoisotopic (exact) mass is 269 g/mol. The van der Waals surface area contributed by atoms with E-state index in [0.29, 0.717) is 0 Å². The van der Waals surface area contributed by atoms with E-state index in [9.17, 15) is 13.6 Å². The third-order valence-corrected chi connectivity index (χ3v) is 3.87. The first-order valence-corrected chi connectivity index (χ1v) is 6.26. The Kier molecular flexibility index (Phi) is 3.85. The quantitative estimate of drug-likeness (QED) is 0.832. The van der Waals surface area contributed by atoms with Crippen molar-refractivity contribution >= 4 is 5.97 Å². The van der Waals surface area contributed by atoms with Gasteiger partial charge in [0.15, 0.2) is 0 Å². The summed E-state index contributed by atoms with van der Waals surface area (Å²) >= 11 is 0. The van der Waals surface area contributed by atoms with E-state index in [1.54, 1.807) is 0 Å². The van der Waals surface area contributed by atoms with Crippen LogP contribution in [0.25, 0.3) is 0 Å². The Labute approximate surface area is 110 Å². The number of halogens is 2. The van der Waals surface area contributed by atoms with Crippen LogP contribution in [-0.2, 0) is 16.0 Å². The zero-order valence-corrected chi connectivity index (χ0v) is 10.8. The second-order valence-corrected chi connectivity index (χ2v) is 5.00. The van der Waals surface area contributed by atoms with Crippen LogP contribution in [-0.4, -0.2) is 19.6 Å². The zero-order chi connectivity index (χ0) is 14.0. The van der Waals surface area contributed by atoms with Crippen molar-refractivity contribution in [2.75, 3.05) is 13.7 Å². The number of rotatable bonds is 5. The molecule has 19 heavy (non-hydrogen) atoms. The fourth-order valence-corrected chi connectivity index (χ4v) is 2.56. The van der Waals surface area contributed by atoms with E-state index < -0.39 is 23.0 Å². The SMILES string of the molecule is COC(=O)C(CN)(Cc1c(F)cccc1F)C1CC1. The summed E-state index contributed by atoms with van der Waals surface area (Å²) in [4.78, 5) is 12.0. The van der Waals surface area contributed by atoms with Gasteiger partial charge in [0.1, 0.15) is 11.6 Å². The molecular formula is C14H17F2NO2. The maximum Gasteiger partial charge on any atom is 0.313 e. The number of methoxy groups -OCH3 is 1. The topological polar surface area (TPSA) is 52.3 Å². The number of hydrogen-bond donors (Lipinski definition) is 1. The van der Waals surface area contributed by atoms with E-state index >= 15 is 0 Å². The second-order valence-electron chi connectivity index (χ2n) is 5.00. The Bertz CT molecular complexity index is 468. The minimum absolute atomic E-state index is 0.0259. The highest BCUT2D eigenvalue weighted by Crippen LogP contribution is 2.48. The molecule has 104 valence electrons. The highest BCUT2D eigenvalue weighted by Gasteiger charge is 2.51. The van der Waals surface area contributed by atoms with Crippen LogP contribution in [0.3, 0.4) is 0 Å². The Morgan fingerprint density at radius 1 is 1.42 bits per heavy atom. The lowest BCUT2D eigenvalue weighted by molar-refractivity contribution is -0.153. The number of carbonyl (C=O) groups is 1. The summed E-state index contributed by atoms with van der Waals surface area (Å²) in [5.41, 5.74) is 4.62. The van der Waals surface area contributed by atoms with E-state index in [1.165, 1.54) is 25.3 Å². The summed E-state index contributed by atoms with van der Waals surface area (Å²) in [7, 11) is 1.27. The van der Waals surface area contributed by atoms with E-state index in [1.807, 2.05) is 0 Å². The summed E-state index contributed by atoms with van der Waals surface area (Å²) in [5.74, 6) is -1.74. The third-order valence-electron chi connectivity index (χ3n) is 3.87. The van der Waals surface area contributed by atoms with Crippen molar-refractivity contribution in [2.24, 2.45) is 17.1 Å². The molecule has 1 aromatic carbocycles. The first-order chi connectivity index (χ1) is 9.05. The van der Waals surface area contributed by atoms with Crippen molar-refractivity contribution < 1.29 is 18.3 Å². The van der Waals surface area contributed by atoms with Crippen LogP contribution in [0, 0.1) is 23.0 Å². The van der Waals surface area contributed by atoms with Gasteiger partial charge in [0.2, 0.25) is 0 Å². The summed E-state index contributed by atoms with van der Waals surface area (Å²) in [6.07, 6.45) is 1.62. The number of ether oxygens (including phenoxy) is 1. The van der Waals surface area contributed by atoms with Gasteiger partial charge < -0.3 is 10.5 Å². The fourth-order valence-electron chi connectivity index (χ4n) is 2.56. The van der Waals surface area contributed by atoms with Gasteiger partial charge in [-0.2, -0.15) is 0 Å². The molecule has 0 bridgehead atoms. The van der Waals surface area contributed by atoms with Crippen molar-refractivity contribution in [1.82, 2.24) is 0 Å². The first-order valence-electron chi connectivity index (χ1n) is 6.26. The molecule has 1 aliphatic carbocycles. The second kappa shape index (κ2) is 5.25. The van der Waals surface area contributed by atoms with Gasteiger partial charge in [-0.25, -0.2) is 8.78 Å². The zero-order valence-electron chi connectivity index (χ0n) is 10.8. The molecular weight excluding hydrogens is 252 g/mol. The predicted octanol–water partition coefficient (Wildman–Crippen LogP) is 2.04. The van der Waals surface area contributed by atoms with Crippen LogP contribution < -0.4 is 5.73 Å². The van der Waals surface area contributed by atoms with E-state index in [-0.39, 0.29) is 24.4 Å². The molecule has 1 fully saturated rings. The standard InChI is InChI=1S/C14H17F2NO2/c1-19-13(18)14(8-17,9-5-6-9)7-10-11(15)3-2-4-12(10)16/h2-4,9H,5-8,17H2,1H3. The molecule has 0 heterocycles. The van der Waals surface area contributed by atoms with Crippen LogP contribution in [0.1, 0.15) is 18.4 Å². The number of hydrogen-bond acceptors (Lipinski definition) is 3. The normalized spacial score (nSPS) is 17.9. The van der Waals surface area contributed by atoms with Gasteiger partial charge in [-0.1, -0.05) is 6.07 Å². The summed E-state index contributed by atoms with van der Waals surface area (Å²) in [6, 6.07) is 3.67. The molecule has 0 amide bonds. The van der Waals surface area contributed by atoms with Crippen molar-refractivity contribution in [1.29, 1.82) is 0 Å². The van der Waals surface area contributed by atoms with Gasteiger partial charge >= 0.3 is 5.97 Å². The van der Waals surface area contributed by atoms with Crippen molar-refractivity contribution in [3.05, 3.63) is 35.4 Å². The van der Waals surface area contributed by atoms with Crippen molar-refractivity contribution in [2.45, 2.75) is 19.3 Å². The van der Waals surface area contributed by atoms with Gasteiger partial charge in [0.05, 0.1) is 12.5 Å². The lowest BCUT2D eigenvalue weighted by Gasteiger charge is -2.30. The number of nitrogens with two attached hydrogens (primary N) is 1. The van der Waals surface area contributed by atoms with E-state index in [4.69, 9.17) is 10.5 Å². The van der Waals surface area contributed by atoms with Crippen LogP contribution in [0.4, 0.5) is 8.78 Å². The maximum atomic E-state index is 13.7. The molecule has 1 unspecified atom stereocenters. The highest BCUT2D eigenvalue weighted by atomic mass is 19.1. The average Bonchev–Trinajstić information content (AvgIpc) is 3.23. The molecule has 2 rings (SSSR count). The van der Waals surface area contributed by atoms with Gasteiger partial charge in [-0.15, -0.1) is 0 Å². The van der Waals surface area contributed by atoms with Crippen LogP contribution in [0.15, 0.2) is 18.2 Å². The van der Waals surface area contributed by atoms with Gasteiger partial charge in [-0.3, -0.25) is 4.79 Å². The largest absolute Gasteiger partial charge is 0.469 e. The van der Waals surface area contributed by atoms with Crippen LogP contribution in [0.5, 0.6) is 0 Å². The Morgan fingerprint density at radius 3 is 2.42 bits per heavy atom. The van der Waals surface area contributed by atoms with E-state index in [0.717, 1.165) is 12.8 Å². The molecule has 0 spiro atoms. The molecule has 2 N–H and O–H groups in total. The Morgan fingerprint density at radius 2 is 2.00 bits per heavy atom. The fraction of sp³-hybridized carbons (Fsp3) is 0.500. The first kappa shape index (κ1) is 13.9. The Balaban J connectivity index is 2.38. The number of carbonyl (C=O) groups excluding carboxylic acids is 1. The molecule has 1 atom stereocenters. The van der Waals surface area contributed by atoms with Crippen molar-refractivity contribution in [3.8, 4) is 0 Å². The highest BCUT2D eigenvalue weighted by molar-refractivity contribution is 5.78. The minimum atomic E-state index is -1.02. The minimum Gasteiger partial charge on any atom is -0.469 e. The number of benzene rings is 1. The predicted molar refractivity (Wildman–Crippen MR) is 66.3 cm³/mol. The molecule has 1 aliphatic rings. The molecule has 1 saturated carbocycles. The maximum absolute atomic E-state index is 13.7. The number of esters is 1. The van der Waals surface area contributed by atoms with Crippen LogP contribution >= 0.6 is 0 Å². The average molecular weight is 269 g/mol. The molecule has 0 aromatic heterocycles. The smallest absolute Gasteiger partial charge is 0.313 e. The summed E-state index contributed by atoms with van der Waals surface area (Å²) < 4.78 is 32.3. The van der Waals surface area contributed by atoms with Gasteiger partial charge in [0.25, 0.3) is 0 Å². The molecule has 0 radical (unpaired) electrons. The molecule has 3 nitrogen and oxygen atoms in total. The lowest BCUT2D eigenvalue weighted by atomic mass is 9.76. The third kappa shape index (κ3) is 2.47. The molecule has 5 heteroatoms. The molecule has 0 saturated heterocycles.